The topological polar surface area (TPSA) is 108 Å². The summed E-state index contributed by atoms with van der Waals surface area (Å²) in [5.74, 6) is -0.0535. The molecule has 2 aromatic rings. The van der Waals surface area contributed by atoms with E-state index in [2.05, 4.69) is 15.6 Å². The third-order valence-electron chi connectivity index (χ3n) is 5.51. The molecule has 1 fully saturated rings. The number of thioether (sulfide) groups is 1. The maximum Gasteiger partial charge on any atom is 0.243 e. The van der Waals surface area contributed by atoms with Gasteiger partial charge in [-0.1, -0.05) is 6.07 Å². The van der Waals surface area contributed by atoms with Gasteiger partial charge in [-0.2, -0.15) is 4.31 Å². The minimum atomic E-state index is -3.71. The van der Waals surface area contributed by atoms with Gasteiger partial charge in [-0.15, -0.1) is 11.8 Å². The van der Waals surface area contributed by atoms with Crippen LogP contribution in [0, 0.1) is 12.8 Å². The average molecular weight is 461 g/mol. The van der Waals surface area contributed by atoms with E-state index >= 15 is 0 Å². The minimum Gasteiger partial charge on any atom is -0.324 e. The van der Waals surface area contributed by atoms with Crippen LogP contribution in [0.15, 0.2) is 46.3 Å². The molecule has 0 radical (unpaired) electrons. The molecule has 0 spiro atoms. The summed E-state index contributed by atoms with van der Waals surface area (Å²) in [6, 6.07) is 8.45. The lowest BCUT2D eigenvalue weighted by molar-refractivity contribution is -0.121. The molecule has 8 nitrogen and oxygen atoms in total. The lowest BCUT2D eigenvalue weighted by Gasteiger charge is -2.31. The average Bonchev–Trinajstić information content (AvgIpc) is 2.76. The first-order valence-electron chi connectivity index (χ1n) is 10.1. The summed E-state index contributed by atoms with van der Waals surface area (Å²) in [5, 5.41) is 5.36. The van der Waals surface area contributed by atoms with Crippen molar-refractivity contribution in [3.8, 4) is 0 Å². The zero-order valence-corrected chi connectivity index (χ0v) is 18.9. The molecule has 10 heteroatoms. The minimum absolute atomic E-state index is 0.137. The number of nitrogens with zero attached hydrogens (tertiary/aromatic N) is 2. The summed E-state index contributed by atoms with van der Waals surface area (Å²) in [6.45, 7) is 4.25. The second-order valence-corrected chi connectivity index (χ2v) is 11.1. The number of anilines is 2. The van der Waals surface area contributed by atoms with Crippen molar-refractivity contribution in [1.82, 2.24) is 9.29 Å². The molecule has 164 valence electrons. The predicted octanol–water partition coefficient (Wildman–Crippen LogP) is 2.86. The van der Waals surface area contributed by atoms with Crippen LogP contribution in [0.3, 0.4) is 0 Å². The van der Waals surface area contributed by atoms with Gasteiger partial charge >= 0.3 is 0 Å². The van der Waals surface area contributed by atoms with Crippen molar-refractivity contribution < 1.29 is 18.0 Å². The quantitative estimate of drug-likeness (QED) is 0.726. The number of carbonyl (C=O) groups is 2. The number of hydrogen-bond donors (Lipinski definition) is 2. The van der Waals surface area contributed by atoms with Crippen molar-refractivity contribution in [2.24, 2.45) is 5.92 Å². The van der Waals surface area contributed by atoms with Crippen LogP contribution in [0.4, 0.5) is 11.5 Å². The van der Waals surface area contributed by atoms with E-state index in [1.165, 1.54) is 22.1 Å². The summed E-state index contributed by atoms with van der Waals surface area (Å²) < 4.78 is 27.6. The van der Waals surface area contributed by atoms with Gasteiger partial charge in [0.05, 0.1) is 15.8 Å². The smallest absolute Gasteiger partial charge is 0.243 e. The zero-order chi connectivity index (χ0) is 22.2. The lowest BCUT2D eigenvalue weighted by atomic mass is 9.97. The van der Waals surface area contributed by atoms with Crippen LogP contribution >= 0.6 is 11.8 Å². The maximum absolute atomic E-state index is 13.1. The molecule has 1 aromatic carbocycles. The van der Waals surface area contributed by atoms with Crippen molar-refractivity contribution >= 4 is 45.1 Å². The fourth-order valence-corrected chi connectivity index (χ4v) is 6.05. The van der Waals surface area contributed by atoms with Crippen LogP contribution in [0.2, 0.25) is 0 Å². The SMILES string of the molecule is Cc1ccc(NC(=O)C2CCN(S(=O)(=O)c3ccc4c(c3)NC(=O)[C@H](C)S4)CC2)nc1. The van der Waals surface area contributed by atoms with Gasteiger partial charge in [-0.05, 0) is 56.5 Å². The van der Waals surface area contributed by atoms with Gasteiger partial charge < -0.3 is 10.6 Å². The highest BCUT2D eigenvalue weighted by atomic mass is 32.2. The molecule has 2 amide bonds. The Morgan fingerprint density at radius 2 is 1.97 bits per heavy atom. The fraction of sp³-hybridized carbons (Fsp3) is 0.381. The third kappa shape index (κ3) is 4.60. The first-order valence-corrected chi connectivity index (χ1v) is 12.4. The van der Waals surface area contributed by atoms with E-state index in [0.29, 0.717) is 24.3 Å². The molecule has 0 bridgehead atoms. The van der Waals surface area contributed by atoms with E-state index in [1.54, 1.807) is 24.4 Å². The number of pyridine rings is 1. The molecule has 0 saturated carbocycles. The van der Waals surface area contributed by atoms with Crippen LogP contribution in [-0.2, 0) is 19.6 Å². The third-order valence-corrected chi connectivity index (χ3v) is 8.58. The summed E-state index contributed by atoms with van der Waals surface area (Å²) in [5.41, 5.74) is 1.53. The number of rotatable bonds is 4. The second-order valence-electron chi connectivity index (χ2n) is 7.80. The van der Waals surface area contributed by atoms with Gasteiger partial charge in [0.1, 0.15) is 5.82 Å². The summed E-state index contributed by atoms with van der Waals surface area (Å²) in [6.07, 6.45) is 2.56. The Morgan fingerprint density at radius 1 is 1.23 bits per heavy atom. The number of piperidine rings is 1. The number of benzene rings is 1. The zero-order valence-electron chi connectivity index (χ0n) is 17.3. The van der Waals surface area contributed by atoms with Crippen LogP contribution in [0.5, 0.6) is 0 Å². The van der Waals surface area contributed by atoms with Crippen molar-refractivity contribution in [3.63, 3.8) is 0 Å². The number of amides is 2. The molecule has 2 aliphatic rings. The Balaban J connectivity index is 1.41. The Bertz CT molecular complexity index is 1110. The molecule has 2 aliphatic heterocycles. The largest absolute Gasteiger partial charge is 0.324 e. The number of sulfonamides is 1. The molecule has 1 saturated heterocycles. The molecule has 1 atom stereocenters. The molecule has 0 unspecified atom stereocenters. The van der Waals surface area contributed by atoms with Crippen molar-refractivity contribution in [2.75, 3.05) is 23.7 Å². The fourth-order valence-electron chi connectivity index (χ4n) is 3.63. The first-order chi connectivity index (χ1) is 14.7. The second kappa shape index (κ2) is 8.60. The highest BCUT2D eigenvalue weighted by Crippen LogP contribution is 2.37. The normalized spacial score (nSPS) is 20.1. The van der Waals surface area contributed by atoms with Crippen LogP contribution in [-0.4, -0.2) is 47.9 Å². The molecule has 2 N–H and O–H groups in total. The summed E-state index contributed by atoms with van der Waals surface area (Å²) in [7, 11) is -3.71. The molecule has 3 heterocycles. The first kappa shape index (κ1) is 21.8. The highest BCUT2D eigenvalue weighted by molar-refractivity contribution is 8.01. The van der Waals surface area contributed by atoms with Gasteiger partial charge in [0.15, 0.2) is 0 Å². The van der Waals surface area contributed by atoms with E-state index in [4.69, 9.17) is 0 Å². The number of aromatic nitrogens is 1. The standard InChI is InChI=1S/C21H24N4O4S2/c1-13-3-6-19(22-12-13)24-21(27)15-7-9-25(10-8-15)31(28,29)16-4-5-18-17(11-16)23-20(26)14(2)30-18/h3-6,11-12,14-15H,7-10H2,1-2H3,(H,23,26)(H,22,24,27)/t14-/m0/s1. The molecular formula is C21H24N4O4S2. The van der Waals surface area contributed by atoms with E-state index < -0.39 is 10.0 Å². The van der Waals surface area contributed by atoms with Crippen molar-refractivity contribution in [1.29, 1.82) is 0 Å². The lowest BCUT2D eigenvalue weighted by Crippen LogP contribution is -2.41. The highest BCUT2D eigenvalue weighted by Gasteiger charge is 2.33. The summed E-state index contributed by atoms with van der Waals surface area (Å²) in [4.78, 5) is 29.6. The summed E-state index contributed by atoms with van der Waals surface area (Å²) >= 11 is 1.41. The van der Waals surface area contributed by atoms with E-state index in [-0.39, 0.29) is 41.0 Å². The van der Waals surface area contributed by atoms with Gasteiger partial charge in [-0.25, -0.2) is 13.4 Å². The number of carbonyl (C=O) groups excluding carboxylic acids is 2. The van der Waals surface area contributed by atoms with Gasteiger partial charge in [0.25, 0.3) is 0 Å². The Kier molecular flexibility index (Phi) is 6.05. The number of aryl methyl sites for hydroxylation is 1. The van der Waals surface area contributed by atoms with Crippen LogP contribution in [0.1, 0.15) is 25.3 Å². The molecule has 4 rings (SSSR count). The van der Waals surface area contributed by atoms with E-state index in [9.17, 15) is 18.0 Å². The van der Waals surface area contributed by atoms with Crippen molar-refractivity contribution in [2.45, 2.75) is 41.7 Å². The van der Waals surface area contributed by atoms with E-state index in [0.717, 1.165) is 10.5 Å². The van der Waals surface area contributed by atoms with Gasteiger partial charge in [-0.3, -0.25) is 9.59 Å². The molecule has 1 aromatic heterocycles. The molecular weight excluding hydrogens is 436 g/mol. The monoisotopic (exact) mass is 460 g/mol. The van der Waals surface area contributed by atoms with Crippen molar-refractivity contribution in [3.05, 3.63) is 42.1 Å². The number of hydrogen-bond acceptors (Lipinski definition) is 6. The number of nitrogens with one attached hydrogen (secondary N) is 2. The Morgan fingerprint density at radius 3 is 2.65 bits per heavy atom. The van der Waals surface area contributed by atoms with Crippen LogP contribution < -0.4 is 10.6 Å². The van der Waals surface area contributed by atoms with Gasteiger partial charge in [0, 0.05) is 30.1 Å². The molecule has 31 heavy (non-hydrogen) atoms. The van der Waals surface area contributed by atoms with Gasteiger partial charge in [0.2, 0.25) is 21.8 Å². The predicted molar refractivity (Wildman–Crippen MR) is 119 cm³/mol. The maximum atomic E-state index is 13.1. The Labute approximate surface area is 185 Å². The van der Waals surface area contributed by atoms with Crippen LogP contribution in [0.25, 0.3) is 0 Å². The van der Waals surface area contributed by atoms with E-state index in [1.807, 2.05) is 19.9 Å². The molecule has 0 aliphatic carbocycles. The number of fused-ring (bicyclic) bond motifs is 1. The Hall–Kier alpha value is -2.43.